The molecule has 1 aliphatic rings. The summed E-state index contributed by atoms with van der Waals surface area (Å²) in [5.41, 5.74) is 0. The molecule has 0 bridgehead atoms. The molecule has 0 aromatic heterocycles. The van der Waals surface area contributed by atoms with Gasteiger partial charge in [-0.3, -0.25) is 4.79 Å². The van der Waals surface area contributed by atoms with E-state index in [9.17, 15) is 35.2 Å². The Morgan fingerprint density at radius 3 is 1.96 bits per heavy atom. The summed E-state index contributed by atoms with van der Waals surface area (Å²) in [5.74, 6) is -12.6. The van der Waals surface area contributed by atoms with E-state index in [2.05, 4.69) is 3.63 Å². The molecule has 2 rings (SSSR count). The van der Waals surface area contributed by atoms with E-state index in [-0.39, 0.29) is 30.7 Å². The zero-order valence-corrected chi connectivity index (χ0v) is 12.9. The van der Waals surface area contributed by atoms with Crippen molar-refractivity contribution < 1.29 is 38.8 Å². The maximum Gasteiger partial charge on any atom is 0.313 e. The Morgan fingerprint density at radius 2 is 1.43 bits per heavy atom. The fourth-order valence-electron chi connectivity index (χ4n) is 1.99. The minimum atomic E-state index is -5.29. The van der Waals surface area contributed by atoms with Crippen molar-refractivity contribution in [1.82, 2.24) is 0 Å². The van der Waals surface area contributed by atoms with Gasteiger partial charge in [0.2, 0.25) is 5.82 Å². The molecule has 1 aromatic carbocycles. The number of hydrogen-bond donors (Lipinski definition) is 0. The Labute approximate surface area is 132 Å². The van der Waals surface area contributed by atoms with Gasteiger partial charge in [0.05, 0.1) is 5.25 Å². The van der Waals surface area contributed by atoms with Gasteiger partial charge < -0.3 is 0 Å². The van der Waals surface area contributed by atoms with Crippen molar-refractivity contribution in [3.63, 3.8) is 0 Å². The van der Waals surface area contributed by atoms with Gasteiger partial charge in [-0.25, -0.2) is 22.0 Å². The number of carbonyl (C=O) groups excluding carboxylic acids is 1. The Hall–Kier alpha value is -1.20. The van der Waals surface area contributed by atoms with Crippen LogP contribution < -0.4 is 0 Å². The number of ketones is 1. The highest BCUT2D eigenvalue weighted by molar-refractivity contribution is 8.05. The molecule has 0 spiro atoms. The van der Waals surface area contributed by atoms with Crippen molar-refractivity contribution >= 4 is 27.9 Å². The second kappa shape index (κ2) is 6.73. The van der Waals surface area contributed by atoms with Crippen molar-refractivity contribution in [2.24, 2.45) is 0 Å². The van der Waals surface area contributed by atoms with Crippen LogP contribution in [0, 0.1) is 29.1 Å². The molecule has 23 heavy (non-hydrogen) atoms. The molecule has 1 unspecified atom stereocenters. The first-order valence-electron chi connectivity index (χ1n) is 6.31. The maximum atomic E-state index is 13.5. The summed E-state index contributed by atoms with van der Waals surface area (Å²) in [7, 11) is -5.29. The van der Waals surface area contributed by atoms with Crippen LogP contribution in [0.3, 0.4) is 0 Å². The smallest absolute Gasteiger partial charge is 0.298 e. The highest BCUT2D eigenvalue weighted by Gasteiger charge is 2.36. The molecular formula is C12H9F5O4S2. The molecule has 1 atom stereocenters. The van der Waals surface area contributed by atoms with Crippen molar-refractivity contribution in [1.29, 1.82) is 0 Å². The summed E-state index contributed by atoms with van der Waals surface area (Å²) >= 11 is 0.131. The van der Waals surface area contributed by atoms with Gasteiger partial charge in [0.25, 0.3) is 0 Å². The summed E-state index contributed by atoms with van der Waals surface area (Å²) in [4.78, 5) is 9.44. The largest absolute Gasteiger partial charge is 0.313 e. The second-order valence-corrected chi connectivity index (χ2v) is 7.34. The van der Waals surface area contributed by atoms with E-state index in [1.54, 1.807) is 0 Å². The van der Waals surface area contributed by atoms with Gasteiger partial charge in [-0.2, -0.15) is 12.0 Å². The van der Waals surface area contributed by atoms with E-state index in [0.29, 0.717) is 12.8 Å². The van der Waals surface area contributed by atoms with Crippen LogP contribution in [-0.2, 0) is 18.5 Å². The predicted octanol–water partition coefficient (Wildman–Crippen LogP) is 3.25. The molecule has 11 heteroatoms. The van der Waals surface area contributed by atoms with Gasteiger partial charge in [-0.15, -0.1) is 0 Å². The molecule has 1 aliphatic carbocycles. The van der Waals surface area contributed by atoms with Crippen LogP contribution in [0.25, 0.3) is 0 Å². The molecule has 0 heterocycles. The van der Waals surface area contributed by atoms with Crippen molar-refractivity contribution in [2.75, 3.05) is 0 Å². The molecule has 1 aromatic rings. The summed E-state index contributed by atoms with van der Waals surface area (Å²) in [6, 6.07) is 0. The average Bonchev–Trinajstić information content (AvgIpc) is 2.50. The molecule has 128 valence electrons. The standard InChI is InChI=1S/C12H9F5O4S2/c13-7-8(14)10(16)12(11(17)9(7)15)23(19,20)21-22-6-4-2-1-3-5(6)18/h6H,1-4H2. The lowest BCUT2D eigenvalue weighted by Gasteiger charge is -2.18. The van der Waals surface area contributed by atoms with Gasteiger partial charge in [0, 0.05) is 18.5 Å². The number of benzene rings is 1. The van der Waals surface area contributed by atoms with E-state index in [1.165, 1.54) is 0 Å². The molecule has 0 saturated heterocycles. The molecule has 0 N–H and O–H groups in total. The fourth-order valence-corrected chi connectivity index (χ4v) is 4.16. The van der Waals surface area contributed by atoms with Crippen LogP contribution in [0.4, 0.5) is 22.0 Å². The zero-order valence-electron chi connectivity index (χ0n) is 11.2. The topological polar surface area (TPSA) is 60.4 Å². The van der Waals surface area contributed by atoms with Gasteiger partial charge in [-0.1, -0.05) is 6.42 Å². The summed E-state index contributed by atoms with van der Waals surface area (Å²) in [5, 5.41) is -0.875. The number of Topliss-reactive ketones (excluding diaryl/α,β-unsaturated/α-hetero) is 1. The predicted molar refractivity (Wildman–Crippen MR) is 69.4 cm³/mol. The third-order valence-electron chi connectivity index (χ3n) is 3.16. The average molecular weight is 376 g/mol. The number of hydrogen-bond acceptors (Lipinski definition) is 5. The molecule has 0 radical (unpaired) electrons. The lowest BCUT2D eigenvalue weighted by atomic mass is 9.99. The van der Waals surface area contributed by atoms with E-state index < -0.39 is 49.3 Å². The van der Waals surface area contributed by atoms with E-state index >= 15 is 0 Å². The molecule has 4 nitrogen and oxygen atoms in total. The Kier molecular flexibility index (Phi) is 5.31. The maximum absolute atomic E-state index is 13.5. The molecule has 0 amide bonds. The van der Waals surface area contributed by atoms with Gasteiger partial charge in [0.1, 0.15) is 5.78 Å². The monoisotopic (exact) mass is 376 g/mol. The Balaban J connectivity index is 2.32. The summed E-state index contributed by atoms with van der Waals surface area (Å²) in [6.07, 6.45) is 1.73. The highest BCUT2D eigenvalue weighted by atomic mass is 32.3. The molecule has 0 aliphatic heterocycles. The lowest BCUT2D eigenvalue weighted by molar-refractivity contribution is -0.119. The van der Waals surface area contributed by atoms with Crippen LogP contribution in [0.5, 0.6) is 0 Å². The van der Waals surface area contributed by atoms with Crippen molar-refractivity contribution in [3.05, 3.63) is 29.1 Å². The van der Waals surface area contributed by atoms with Crippen LogP contribution in [0.1, 0.15) is 25.7 Å². The fraction of sp³-hybridized carbons (Fsp3) is 0.417. The minimum Gasteiger partial charge on any atom is -0.298 e. The first-order valence-corrected chi connectivity index (χ1v) is 8.52. The van der Waals surface area contributed by atoms with Gasteiger partial charge in [0.15, 0.2) is 28.2 Å². The zero-order chi connectivity index (χ0) is 17.4. The van der Waals surface area contributed by atoms with Gasteiger partial charge >= 0.3 is 10.1 Å². The molecular weight excluding hydrogens is 367 g/mol. The first-order chi connectivity index (χ1) is 10.7. The molecule has 1 fully saturated rings. The number of carbonyl (C=O) groups is 1. The number of rotatable bonds is 4. The third kappa shape index (κ3) is 3.50. The van der Waals surface area contributed by atoms with Crippen molar-refractivity contribution in [2.45, 2.75) is 35.8 Å². The normalized spacial score (nSPS) is 19.2. The quantitative estimate of drug-likeness (QED) is 0.349. The van der Waals surface area contributed by atoms with Crippen LogP contribution >= 0.6 is 12.0 Å². The Bertz CT molecular complexity index is 721. The first kappa shape index (κ1) is 18.1. The highest BCUT2D eigenvalue weighted by Crippen LogP contribution is 2.33. The van der Waals surface area contributed by atoms with E-state index in [0.717, 1.165) is 0 Å². The Morgan fingerprint density at radius 1 is 0.913 bits per heavy atom. The number of halogens is 5. The van der Waals surface area contributed by atoms with Crippen LogP contribution in [0.2, 0.25) is 0 Å². The third-order valence-corrected chi connectivity index (χ3v) is 5.78. The van der Waals surface area contributed by atoms with Gasteiger partial charge in [-0.05, 0) is 12.8 Å². The van der Waals surface area contributed by atoms with E-state index in [4.69, 9.17) is 0 Å². The van der Waals surface area contributed by atoms with Crippen LogP contribution in [0.15, 0.2) is 4.90 Å². The molecule has 1 saturated carbocycles. The lowest BCUT2D eigenvalue weighted by Crippen LogP contribution is -2.23. The minimum absolute atomic E-state index is 0.131. The summed E-state index contributed by atoms with van der Waals surface area (Å²) in [6.45, 7) is 0. The summed E-state index contributed by atoms with van der Waals surface area (Å²) < 4.78 is 93.7. The second-order valence-electron chi connectivity index (χ2n) is 4.72. The van der Waals surface area contributed by atoms with E-state index in [1.807, 2.05) is 0 Å². The van der Waals surface area contributed by atoms with Crippen LogP contribution in [-0.4, -0.2) is 19.5 Å². The SMILES string of the molecule is O=C1CCCCC1SOS(=O)(=O)c1c(F)c(F)c(F)c(F)c1F. The van der Waals surface area contributed by atoms with Crippen molar-refractivity contribution in [3.8, 4) is 0 Å².